The first-order valence-corrected chi connectivity index (χ1v) is 7.92. The first-order valence-electron chi connectivity index (χ1n) is 7.16. The van der Waals surface area contributed by atoms with Crippen LogP contribution < -0.4 is 10.5 Å². The molecule has 1 aromatic carbocycles. The van der Waals surface area contributed by atoms with E-state index in [9.17, 15) is 13.2 Å². The summed E-state index contributed by atoms with van der Waals surface area (Å²) >= 11 is 11.9. The number of halogens is 5. The van der Waals surface area contributed by atoms with Crippen LogP contribution in [0.5, 0.6) is 5.88 Å². The zero-order chi connectivity index (χ0) is 21.1. The SMILES string of the molecule is COc1nn(-c2c(Cl)cc(C(F)(F)F)cc2Cl)cc1C=NC(C#N)=C(N)C#N. The normalized spacial score (nSPS) is 12.4. The second kappa shape index (κ2) is 8.21. The van der Waals surface area contributed by atoms with Gasteiger partial charge in [-0.2, -0.15) is 23.7 Å². The van der Waals surface area contributed by atoms with Gasteiger partial charge in [0.25, 0.3) is 0 Å². The lowest BCUT2D eigenvalue weighted by Crippen LogP contribution is -2.07. The molecule has 0 atom stereocenters. The summed E-state index contributed by atoms with van der Waals surface area (Å²) in [4.78, 5) is 3.79. The van der Waals surface area contributed by atoms with Crippen molar-refractivity contribution in [3.8, 4) is 23.7 Å². The fourth-order valence-electron chi connectivity index (χ4n) is 2.03. The second-order valence-electron chi connectivity index (χ2n) is 5.07. The molecule has 0 saturated carbocycles. The van der Waals surface area contributed by atoms with E-state index in [1.807, 2.05) is 0 Å². The van der Waals surface area contributed by atoms with E-state index in [-0.39, 0.29) is 38.6 Å². The van der Waals surface area contributed by atoms with Gasteiger partial charge < -0.3 is 10.5 Å². The smallest absolute Gasteiger partial charge is 0.416 e. The molecule has 0 aliphatic carbocycles. The molecule has 28 heavy (non-hydrogen) atoms. The molecule has 2 aromatic rings. The maximum Gasteiger partial charge on any atom is 0.416 e. The highest BCUT2D eigenvalue weighted by Gasteiger charge is 2.32. The van der Waals surface area contributed by atoms with Crippen molar-refractivity contribution in [1.29, 1.82) is 10.5 Å². The lowest BCUT2D eigenvalue weighted by atomic mass is 10.2. The summed E-state index contributed by atoms with van der Waals surface area (Å²) in [5.74, 6) is 0.0172. The molecule has 2 rings (SSSR count). The first kappa shape index (κ1) is 21.1. The third-order valence-corrected chi connectivity index (χ3v) is 3.86. The number of nitrogens with two attached hydrogens (primary N) is 1. The minimum Gasteiger partial charge on any atom is -0.479 e. The number of hydrogen-bond acceptors (Lipinski definition) is 6. The van der Waals surface area contributed by atoms with Gasteiger partial charge in [0.05, 0.1) is 28.3 Å². The highest BCUT2D eigenvalue weighted by atomic mass is 35.5. The Kier molecular flexibility index (Phi) is 6.19. The number of ether oxygens (including phenoxy) is 1. The van der Waals surface area contributed by atoms with Gasteiger partial charge in [0, 0.05) is 12.4 Å². The molecule has 0 saturated heterocycles. The van der Waals surface area contributed by atoms with Crippen molar-refractivity contribution in [2.75, 3.05) is 7.11 Å². The Balaban J connectivity index is 2.54. The summed E-state index contributed by atoms with van der Waals surface area (Å²) in [6.45, 7) is 0. The van der Waals surface area contributed by atoms with Crippen LogP contribution in [0.1, 0.15) is 11.1 Å². The van der Waals surface area contributed by atoms with Gasteiger partial charge in [0.1, 0.15) is 23.5 Å². The van der Waals surface area contributed by atoms with Gasteiger partial charge in [0.2, 0.25) is 5.88 Å². The van der Waals surface area contributed by atoms with Crippen LogP contribution in [0.15, 0.2) is 34.7 Å². The summed E-state index contributed by atoms with van der Waals surface area (Å²) in [5.41, 5.74) is 3.84. The largest absolute Gasteiger partial charge is 0.479 e. The number of benzene rings is 1. The molecule has 0 fully saturated rings. The van der Waals surface area contributed by atoms with Gasteiger partial charge in [0.15, 0.2) is 5.70 Å². The molecule has 0 bridgehead atoms. The quantitative estimate of drug-likeness (QED) is 0.586. The number of allylic oxidation sites excluding steroid dienone is 2. The molecule has 0 spiro atoms. The number of aliphatic imine (C=N–C) groups is 1. The molecule has 7 nitrogen and oxygen atoms in total. The van der Waals surface area contributed by atoms with Crippen molar-refractivity contribution in [1.82, 2.24) is 9.78 Å². The number of hydrogen-bond donors (Lipinski definition) is 1. The molecular weight excluding hydrogens is 420 g/mol. The summed E-state index contributed by atoms with van der Waals surface area (Å²) in [7, 11) is 1.30. The average Bonchev–Trinajstić information content (AvgIpc) is 3.03. The lowest BCUT2D eigenvalue weighted by molar-refractivity contribution is -0.137. The van der Waals surface area contributed by atoms with Crippen molar-refractivity contribution in [3.05, 3.63) is 50.9 Å². The van der Waals surface area contributed by atoms with Crippen LogP contribution in [0.3, 0.4) is 0 Å². The molecular formula is C16H9Cl2F3N6O. The standard InChI is InChI=1S/C16H9Cl2F3N6O/c1-28-15-8(6-25-13(5-23)12(24)4-22)7-27(26-15)14-10(17)2-9(3-11(14)18)16(19,20)21/h2-3,6-7H,24H2,1H3. The molecule has 0 aliphatic heterocycles. The van der Waals surface area contributed by atoms with E-state index in [1.54, 1.807) is 12.1 Å². The minimum absolute atomic E-state index is 0.0122. The molecule has 144 valence electrons. The van der Waals surface area contributed by atoms with Crippen molar-refractivity contribution in [3.63, 3.8) is 0 Å². The van der Waals surface area contributed by atoms with E-state index < -0.39 is 11.7 Å². The number of aromatic nitrogens is 2. The van der Waals surface area contributed by atoms with Crippen LogP contribution in [0, 0.1) is 22.7 Å². The maximum atomic E-state index is 12.9. The zero-order valence-corrected chi connectivity index (χ0v) is 15.4. The van der Waals surface area contributed by atoms with Gasteiger partial charge in [-0.3, -0.25) is 0 Å². The molecule has 0 aliphatic rings. The highest BCUT2D eigenvalue weighted by Crippen LogP contribution is 2.37. The predicted octanol–water partition coefficient (Wildman–Crippen LogP) is 3.84. The molecule has 0 amide bonds. The second-order valence-corrected chi connectivity index (χ2v) is 5.88. The van der Waals surface area contributed by atoms with Crippen LogP contribution in [0.4, 0.5) is 13.2 Å². The fraction of sp³-hybridized carbons (Fsp3) is 0.125. The summed E-state index contributed by atoms with van der Waals surface area (Å²) in [5, 5.41) is 21.1. The third-order valence-electron chi connectivity index (χ3n) is 3.29. The summed E-state index contributed by atoms with van der Waals surface area (Å²) < 4.78 is 44.8. The lowest BCUT2D eigenvalue weighted by Gasteiger charge is -2.12. The van der Waals surface area contributed by atoms with E-state index >= 15 is 0 Å². The van der Waals surface area contributed by atoms with Gasteiger partial charge >= 0.3 is 6.18 Å². The molecule has 12 heteroatoms. The number of nitrogens with zero attached hydrogens (tertiary/aromatic N) is 5. The van der Waals surface area contributed by atoms with E-state index in [0.717, 1.165) is 23.0 Å². The van der Waals surface area contributed by atoms with Gasteiger partial charge in [-0.1, -0.05) is 23.2 Å². The van der Waals surface area contributed by atoms with Crippen molar-refractivity contribution in [2.24, 2.45) is 10.7 Å². The monoisotopic (exact) mass is 428 g/mol. The van der Waals surface area contributed by atoms with Crippen LogP contribution >= 0.6 is 23.2 Å². The average molecular weight is 429 g/mol. The van der Waals surface area contributed by atoms with Gasteiger partial charge in [-0.05, 0) is 12.1 Å². The zero-order valence-electron chi connectivity index (χ0n) is 13.9. The van der Waals surface area contributed by atoms with Gasteiger partial charge in [-0.25, -0.2) is 9.67 Å². The fourth-order valence-corrected chi connectivity index (χ4v) is 2.69. The highest BCUT2D eigenvalue weighted by molar-refractivity contribution is 6.37. The Morgan fingerprint density at radius 2 is 1.89 bits per heavy atom. The van der Waals surface area contributed by atoms with Crippen molar-refractivity contribution < 1.29 is 17.9 Å². The number of rotatable bonds is 4. The Morgan fingerprint density at radius 1 is 1.29 bits per heavy atom. The first-order chi connectivity index (χ1) is 13.1. The topological polar surface area (TPSA) is 113 Å². The van der Waals surface area contributed by atoms with E-state index in [0.29, 0.717) is 0 Å². The van der Waals surface area contributed by atoms with E-state index in [1.165, 1.54) is 13.3 Å². The Labute approximate surface area is 166 Å². The Morgan fingerprint density at radius 3 is 2.36 bits per heavy atom. The van der Waals surface area contributed by atoms with Crippen LogP contribution in [0.25, 0.3) is 5.69 Å². The van der Waals surface area contributed by atoms with E-state index in [4.69, 9.17) is 44.2 Å². The summed E-state index contributed by atoms with van der Waals surface area (Å²) in [6, 6.07) is 4.68. The number of nitriles is 2. The minimum atomic E-state index is -4.62. The molecule has 1 aromatic heterocycles. The van der Waals surface area contributed by atoms with Crippen molar-refractivity contribution in [2.45, 2.75) is 6.18 Å². The number of methoxy groups -OCH3 is 1. The van der Waals surface area contributed by atoms with Crippen molar-refractivity contribution >= 4 is 29.4 Å². The molecule has 1 heterocycles. The maximum absolute atomic E-state index is 12.9. The Hall–Kier alpha value is -3.21. The van der Waals surface area contributed by atoms with Crippen LogP contribution in [-0.2, 0) is 6.18 Å². The Bertz CT molecular complexity index is 1040. The summed E-state index contributed by atoms with van der Waals surface area (Å²) in [6.07, 6.45) is -2.15. The third kappa shape index (κ3) is 4.36. The van der Waals surface area contributed by atoms with Crippen LogP contribution in [-0.4, -0.2) is 23.1 Å². The molecule has 0 radical (unpaired) electrons. The van der Waals surface area contributed by atoms with E-state index in [2.05, 4.69) is 10.1 Å². The molecule has 2 N–H and O–H groups in total. The molecule has 0 unspecified atom stereocenters. The van der Waals surface area contributed by atoms with Gasteiger partial charge in [-0.15, -0.1) is 5.10 Å². The predicted molar refractivity (Wildman–Crippen MR) is 95.2 cm³/mol. The van der Waals surface area contributed by atoms with Crippen LogP contribution in [0.2, 0.25) is 10.0 Å². The number of alkyl halides is 3.